The molecule has 19 heavy (non-hydrogen) atoms. The molecule has 0 aliphatic heterocycles. The number of carboxylic acids is 1. The summed E-state index contributed by atoms with van der Waals surface area (Å²) < 4.78 is 26.2. The van der Waals surface area contributed by atoms with Gasteiger partial charge in [0.25, 0.3) is 0 Å². The molecule has 0 amide bonds. The lowest BCUT2D eigenvalue weighted by Gasteiger charge is -2.17. The minimum absolute atomic E-state index is 0.149. The molecule has 1 atom stereocenters. The minimum Gasteiger partial charge on any atom is -0.480 e. The Kier molecular flexibility index (Phi) is 5.32. The standard InChI is InChI=1S/C12H20N2O4S/c1-2-3-4-10(11(15)16)14-19(17,18)9-12(5-6-12)7-8-13/h10,14H,2-7,9H2,1H3,(H,15,16). The summed E-state index contributed by atoms with van der Waals surface area (Å²) in [5.41, 5.74) is -0.450. The predicted molar refractivity (Wildman–Crippen MR) is 69.8 cm³/mol. The van der Waals surface area contributed by atoms with E-state index < -0.39 is 27.4 Å². The molecule has 7 heteroatoms. The topological polar surface area (TPSA) is 107 Å². The van der Waals surface area contributed by atoms with E-state index >= 15 is 0 Å². The average Bonchev–Trinajstić information content (AvgIpc) is 3.03. The fourth-order valence-corrected chi connectivity index (χ4v) is 3.95. The summed E-state index contributed by atoms with van der Waals surface area (Å²) in [5, 5.41) is 17.7. The molecule has 0 aromatic rings. The zero-order valence-electron chi connectivity index (χ0n) is 11.1. The maximum Gasteiger partial charge on any atom is 0.321 e. The van der Waals surface area contributed by atoms with Crippen LogP contribution in [-0.2, 0) is 14.8 Å². The Bertz CT molecular complexity index is 463. The number of carbonyl (C=O) groups is 1. The number of nitrogens with zero attached hydrogens (tertiary/aromatic N) is 1. The molecule has 108 valence electrons. The second kappa shape index (κ2) is 6.35. The van der Waals surface area contributed by atoms with Gasteiger partial charge in [0.15, 0.2) is 0 Å². The van der Waals surface area contributed by atoms with Gasteiger partial charge in [-0.05, 0) is 24.7 Å². The summed E-state index contributed by atoms with van der Waals surface area (Å²) >= 11 is 0. The van der Waals surface area contributed by atoms with Crippen LogP contribution < -0.4 is 4.72 Å². The second-order valence-corrected chi connectivity index (χ2v) is 7.00. The van der Waals surface area contributed by atoms with Crippen LogP contribution in [0.1, 0.15) is 45.4 Å². The van der Waals surface area contributed by atoms with Crippen molar-refractivity contribution in [2.45, 2.75) is 51.5 Å². The van der Waals surface area contributed by atoms with Crippen molar-refractivity contribution in [1.29, 1.82) is 5.26 Å². The lowest BCUT2D eigenvalue weighted by Crippen LogP contribution is -2.43. The molecule has 1 aliphatic carbocycles. The van der Waals surface area contributed by atoms with E-state index in [1.165, 1.54) is 0 Å². The highest BCUT2D eigenvalue weighted by molar-refractivity contribution is 7.89. The number of rotatable bonds is 9. The van der Waals surface area contributed by atoms with Gasteiger partial charge in [-0.1, -0.05) is 19.8 Å². The van der Waals surface area contributed by atoms with E-state index in [-0.39, 0.29) is 18.6 Å². The number of nitriles is 1. The van der Waals surface area contributed by atoms with Gasteiger partial charge >= 0.3 is 5.97 Å². The number of carboxylic acid groups (broad SMARTS) is 1. The minimum atomic E-state index is -3.66. The molecule has 0 spiro atoms. The largest absolute Gasteiger partial charge is 0.480 e. The van der Waals surface area contributed by atoms with Crippen molar-refractivity contribution < 1.29 is 18.3 Å². The van der Waals surface area contributed by atoms with Gasteiger partial charge < -0.3 is 5.11 Å². The van der Waals surface area contributed by atoms with Gasteiger partial charge in [0, 0.05) is 6.42 Å². The number of hydrogen-bond donors (Lipinski definition) is 2. The van der Waals surface area contributed by atoms with E-state index in [9.17, 15) is 13.2 Å². The monoisotopic (exact) mass is 288 g/mol. The van der Waals surface area contributed by atoms with Crippen molar-refractivity contribution in [2.24, 2.45) is 5.41 Å². The molecular weight excluding hydrogens is 268 g/mol. The van der Waals surface area contributed by atoms with Crippen LogP contribution >= 0.6 is 0 Å². The highest BCUT2D eigenvalue weighted by atomic mass is 32.2. The zero-order valence-corrected chi connectivity index (χ0v) is 11.9. The SMILES string of the molecule is CCCCC(NS(=O)(=O)CC1(CC#N)CC1)C(=O)O. The lowest BCUT2D eigenvalue weighted by molar-refractivity contribution is -0.139. The fraction of sp³-hybridized carbons (Fsp3) is 0.833. The van der Waals surface area contributed by atoms with Crippen LogP contribution in [0.4, 0.5) is 0 Å². The molecule has 2 N–H and O–H groups in total. The van der Waals surface area contributed by atoms with Crippen molar-refractivity contribution in [3.8, 4) is 6.07 Å². The Labute approximate surface area is 113 Å². The first-order valence-corrected chi connectivity index (χ1v) is 8.09. The number of hydrogen-bond acceptors (Lipinski definition) is 4. The molecule has 1 rings (SSSR count). The molecule has 1 saturated carbocycles. The van der Waals surface area contributed by atoms with Crippen molar-refractivity contribution >= 4 is 16.0 Å². The number of sulfonamides is 1. The van der Waals surface area contributed by atoms with E-state index in [1.54, 1.807) is 0 Å². The molecule has 1 unspecified atom stereocenters. The maximum absolute atomic E-state index is 12.0. The van der Waals surface area contributed by atoms with Crippen LogP contribution in [-0.4, -0.2) is 31.3 Å². The number of unbranched alkanes of at least 4 members (excludes halogenated alkanes) is 1. The van der Waals surface area contributed by atoms with Crippen molar-refractivity contribution in [3.05, 3.63) is 0 Å². The number of nitrogens with one attached hydrogen (secondary N) is 1. The first kappa shape index (κ1) is 15.9. The van der Waals surface area contributed by atoms with Crippen LogP contribution in [0.15, 0.2) is 0 Å². The molecule has 6 nitrogen and oxygen atoms in total. The quantitative estimate of drug-likeness (QED) is 0.663. The molecule has 0 aromatic carbocycles. The van der Waals surface area contributed by atoms with Crippen LogP contribution in [0.25, 0.3) is 0 Å². The van der Waals surface area contributed by atoms with Gasteiger partial charge in [-0.25, -0.2) is 13.1 Å². The summed E-state index contributed by atoms with van der Waals surface area (Å²) in [6.07, 6.45) is 3.39. The summed E-state index contributed by atoms with van der Waals surface area (Å²) in [7, 11) is -3.66. The van der Waals surface area contributed by atoms with E-state index in [0.29, 0.717) is 19.3 Å². The average molecular weight is 288 g/mol. The van der Waals surface area contributed by atoms with E-state index in [2.05, 4.69) is 4.72 Å². The summed E-state index contributed by atoms with van der Waals surface area (Å²) in [4.78, 5) is 11.0. The molecule has 0 bridgehead atoms. The summed E-state index contributed by atoms with van der Waals surface area (Å²) in [6, 6.07) is 0.928. The van der Waals surface area contributed by atoms with Gasteiger partial charge in [-0.3, -0.25) is 4.79 Å². The maximum atomic E-state index is 12.0. The molecule has 0 radical (unpaired) electrons. The molecule has 1 aliphatic rings. The predicted octanol–water partition coefficient (Wildman–Crippen LogP) is 1.24. The van der Waals surface area contributed by atoms with Gasteiger partial charge in [0.1, 0.15) is 6.04 Å². The molecular formula is C12H20N2O4S. The Balaban J connectivity index is 2.62. The zero-order chi connectivity index (χ0) is 14.5. The molecule has 0 heterocycles. The Morgan fingerprint density at radius 2 is 2.16 bits per heavy atom. The van der Waals surface area contributed by atoms with Crippen LogP contribution in [0.3, 0.4) is 0 Å². The highest BCUT2D eigenvalue weighted by Gasteiger charge is 2.46. The van der Waals surface area contributed by atoms with E-state index in [4.69, 9.17) is 10.4 Å². The third-order valence-electron chi connectivity index (χ3n) is 3.37. The van der Waals surface area contributed by atoms with Crippen molar-refractivity contribution in [2.75, 3.05) is 5.75 Å². The fourth-order valence-electron chi connectivity index (χ4n) is 2.02. The number of aliphatic carboxylic acids is 1. The third-order valence-corrected chi connectivity index (χ3v) is 5.01. The van der Waals surface area contributed by atoms with Gasteiger partial charge in [0.2, 0.25) is 10.0 Å². The van der Waals surface area contributed by atoms with Crippen LogP contribution in [0.5, 0.6) is 0 Å². The van der Waals surface area contributed by atoms with Crippen LogP contribution in [0, 0.1) is 16.7 Å². The Morgan fingerprint density at radius 3 is 2.58 bits per heavy atom. The van der Waals surface area contributed by atoms with Crippen molar-refractivity contribution in [1.82, 2.24) is 4.72 Å². The van der Waals surface area contributed by atoms with Gasteiger partial charge in [0.05, 0.1) is 11.8 Å². The van der Waals surface area contributed by atoms with E-state index in [0.717, 1.165) is 6.42 Å². The lowest BCUT2D eigenvalue weighted by atomic mass is 10.1. The third kappa shape index (κ3) is 5.17. The molecule has 1 fully saturated rings. The Morgan fingerprint density at radius 1 is 1.53 bits per heavy atom. The first-order chi connectivity index (χ1) is 8.84. The van der Waals surface area contributed by atoms with Gasteiger partial charge in [-0.2, -0.15) is 5.26 Å². The first-order valence-electron chi connectivity index (χ1n) is 6.44. The van der Waals surface area contributed by atoms with Crippen molar-refractivity contribution in [3.63, 3.8) is 0 Å². The van der Waals surface area contributed by atoms with Gasteiger partial charge in [-0.15, -0.1) is 0 Å². The Hall–Kier alpha value is -1.13. The van der Waals surface area contributed by atoms with E-state index in [1.807, 2.05) is 13.0 Å². The summed E-state index contributed by atoms with van der Waals surface area (Å²) in [6.45, 7) is 1.92. The normalized spacial score (nSPS) is 18.5. The molecule has 0 saturated heterocycles. The summed E-state index contributed by atoms with van der Waals surface area (Å²) in [5.74, 6) is -1.30. The molecule has 0 aromatic heterocycles. The van der Waals surface area contributed by atoms with Crippen LogP contribution in [0.2, 0.25) is 0 Å². The highest BCUT2D eigenvalue weighted by Crippen LogP contribution is 2.49. The smallest absolute Gasteiger partial charge is 0.321 e. The second-order valence-electron chi connectivity index (χ2n) is 5.24.